The molecule has 1 saturated heterocycles. The molecule has 0 amide bonds. The number of hydrogen-bond acceptors (Lipinski definition) is 11. The number of fused-ring (bicyclic) bond motifs is 1. The normalized spacial score (nSPS) is 25.1. The highest BCUT2D eigenvalue weighted by Gasteiger charge is 2.48. The molecule has 3 aromatic rings. The van der Waals surface area contributed by atoms with Crippen LogP contribution in [0.15, 0.2) is 45.6 Å². The molecule has 5 atom stereocenters. The van der Waals surface area contributed by atoms with Crippen molar-refractivity contribution in [1.29, 1.82) is 0 Å². The van der Waals surface area contributed by atoms with Crippen LogP contribution in [0, 0.1) is 0 Å². The Balaban J connectivity index is 1.78. The lowest BCUT2D eigenvalue weighted by Gasteiger charge is -2.38. The summed E-state index contributed by atoms with van der Waals surface area (Å²) in [5.41, 5.74) is -0.877. The van der Waals surface area contributed by atoms with Crippen molar-refractivity contribution < 1.29 is 54.4 Å². The summed E-state index contributed by atoms with van der Waals surface area (Å²) in [5, 5.41) is 69.2. The summed E-state index contributed by atoms with van der Waals surface area (Å²) in [6.07, 6.45) is -9.72. The molecule has 0 spiro atoms. The van der Waals surface area contributed by atoms with Gasteiger partial charge in [0.2, 0.25) is 12.0 Å². The van der Waals surface area contributed by atoms with Gasteiger partial charge in [-0.2, -0.15) is 0 Å². The number of ether oxygens (including phenoxy) is 2. The summed E-state index contributed by atoms with van der Waals surface area (Å²) in [6.45, 7) is 0. The Labute approximate surface area is 183 Å². The highest BCUT2D eigenvalue weighted by molar-refractivity contribution is 5.89. The second-order valence-electron chi connectivity index (χ2n) is 7.29. The predicted molar refractivity (Wildman–Crippen MR) is 108 cm³/mol. The zero-order valence-electron chi connectivity index (χ0n) is 16.5. The molecular weight excluding hydrogens is 444 g/mol. The van der Waals surface area contributed by atoms with Crippen molar-refractivity contribution >= 4 is 16.9 Å². The third-order valence-electron chi connectivity index (χ3n) is 5.16. The van der Waals surface area contributed by atoms with Gasteiger partial charge in [0, 0.05) is 12.1 Å². The predicted octanol–water partition coefficient (Wildman–Crippen LogP) is -0.152. The van der Waals surface area contributed by atoms with Crippen molar-refractivity contribution in [2.75, 3.05) is 0 Å². The van der Waals surface area contributed by atoms with Gasteiger partial charge in [-0.25, -0.2) is 4.79 Å². The fourth-order valence-electron chi connectivity index (χ4n) is 3.45. The van der Waals surface area contributed by atoms with Crippen LogP contribution >= 0.6 is 0 Å². The van der Waals surface area contributed by atoms with E-state index in [1.54, 1.807) is 12.1 Å². The first-order valence-electron chi connectivity index (χ1n) is 9.50. The summed E-state index contributed by atoms with van der Waals surface area (Å²) in [5.74, 6) is -4.38. The van der Waals surface area contributed by atoms with Gasteiger partial charge in [-0.15, -0.1) is 0 Å². The zero-order chi connectivity index (χ0) is 24.0. The van der Waals surface area contributed by atoms with Crippen molar-refractivity contribution in [3.8, 4) is 34.3 Å². The van der Waals surface area contributed by atoms with Crippen LogP contribution in [0.3, 0.4) is 0 Å². The number of hydrogen-bond donors (Lipinski definition) is 7. The fraction of sp³-hybridized carbons (Fsp3) is 0.238. The molecule has 0 saturated carbocycles. The Kier molecular flexibility index (Phi) is 5.59. The first-order valence-corrected chi connectivity index (χ1v) is 9.50. The number of phenolic OH excluding ortho intramolecular Hbond substituents is 3. The maximum atomic E-state index is 12.6. The molecule has 0 bridgehead atoms. The quantitative estimate of drug-likeness (QED) is 0.253. The maximum absolute atomic E-state index is 12.6. The second-order valence-corrected chi connectivity index (χ2v) is 7.29. The molecule has 2 heterocycles. The van der Waals surface area contributed by atoms with Gasteiger partial charge >= 0.3 is 5.97 Å². The zero-order valence-corrected chi connectivity index (χ0v) is 16.5. The van der Waals surface area contributed by atoms with Crippen LogP contribution in [0.4, 0.5) is 0 Å². The number of aliphatic carboxylic acids is 1. The monoisotopic (exact) mass is 462 g/mol. The first kappa shape index (κ1) is 22.4. The number of para-hydroxylation sites is 1. The number of aromatic hydroxyl groups is 3. The van der Waals surface area contributed by atoms with Crippen LogP contribution in [-0.2, 0) is 9.53 Å². The molecule has 0 aliphatic carbocycles. The third kappa shape index (κ3) is 3.81. The molecule has 1 aromatic heterocycles. The van der Waals surface area contributed by atoms with E-state index in [2.05, 4.69) is 0 Å². The first-order chi connectivity index (χ1) is 15.6. The Morgan fingerprint density at radius 2 is 1.64 bits per heavy atom. The van der Waals surface area contributed by atoms with Crippen LogP contribution in [0.1, 0.15) is 0 Å². The molecule has 33 heavy (non-hydrogen) atoms. The molecule has 5 unspecified atom stereocenters. The van der Waals surface area contributed by atoms with E-state index in [1.165, 1.54) is 12.1 Å². The van der Waals surface area contributed by atoms with Gasteiger partial charge < -0.3 is 49.6 Å². The lowest BCUT2D eigenvalue weighted by Crippen LogP contribution is -2.61. The number of rotatable bonds is 4. The number of carboxylic acids is 1. The highest BCUT2D eigenvalue weighted by Crippen LogP contribution is 2.43. The lowest BCUT2D eigenvalue weighted by atomic mass is 9.99. The van der Waals surface area contributed by atoms with Crippen LogP contribution in [0.25, 0.3) is 22.3 Å². The van der Waals surface area contributed by atoms with E-state index >= 15 is 0 Å². The van der Waals surface area contributed by atoms with Crippen molar-refractivity contribution in [3.05, 3.63) is 46.6 Å². The van der Waals surface area contributed by atoms with Crippen LogP contribution in [-0.4, -0.2) is 72.4 Å². The van der Waals surface area contributed by atoms with E-state index in [4.69, 9.17) is 19.0 Å². The molecule has 2 aromatic carbocycles. The van der Waals surface area contributed by atoms with Crippen molar-refractivity contribution in [2.45, 2.75) is 30.7 Å². The van der Waals surface area contributed by atoms with Crippen molar-refractivity contribution in [2.24, 2.45) is 0 Å². The SMILES string of the molecule is O=C(O)C1OC(Oc2cc3oc(-c4ccccc4O)cc(=O)c3c(O)c2O)C(O)C(O)C1O. The molecule has 4 rings (SSSR count). The molecule has 1 fully saturated rings. The van der Waals surface area contributed by atoms with Crippen LogP contribution in [0.5, 0.6) is 23.0 Å². The summed E-state index contributed by atoms with van der Waals surface area (Å²) >= 11 is 0. The van der Waals surface area contributed by atoms with Gasteiger partial charge in [-0.1, -0.05) is 12.1 Å². The van der Waals surface area contributed by atoms with E-state index in [1.807, 2.05) is 0 Å². The Morgan fingerprint density at radius 1 is 0.939 bits per heavy atom. The molecule has 12 heteroatoms. The Hall–Kier alpha value is -3.84. The summed E-state index contributed by atoms with van der Waals surface area (Å²) < 4.78 is 15.9. The van der Waals surface area contributed by atoms with Crippen LogP contribution in [0.2, 0.25) is 0 Å². The van der Waals surface area contributed by atoms with Gasteiger partial charge in [0.25, 0.3) is 0 Å². The molecule has 7 N–H and O–H groups in total. The molecule has 12 nitrogen and oxygen atoms in total. The van der Waals surface area contributed by atoms with Gasteiger partial charge in [0.1, 0.15) is 40.8 Å². The van der Waals surface area contributed by atoms with Gasteiger partial charge in [-0.3, -0.25) is 4.79 Å². The number of phenols is 3. The average molecular weight is 462 g/mol. The average Bonchev–Trinajstić information content (AvgIpc) is 2.77. The Bertz CT molecular complexity index is 1280. The van der Waals surface area contributed by atoms with E-state index in [0.29, 0.717) is 0 Å². The number of aliphatic hydroxyl groups is 3. The molecular formula is C21H18O12. The molecule has 1 aliphatic rings. The van der Waals surface area contributed by atoms with Crippen molar-refractivity contribution in [1.82, 2.24) is 0 Å². The minimum absolute atomic E-state index is 0.0694. The molecule has 0 radical (unpaired) electrons. The Morgan fingerprint density at radius 3 is 2.30 bits per heavy atom. The number of aliphatic hydroxyl groups excluding tert-OH is 3. The molecule has 174 valence electrons. The summed E-state index contributed by atoms with van der Waals surface area (Å²) in [4.78, 5) is 23.8. The van der Waals surface area contributed by atoms with E-state index in [9.17, 15) is 40.2 Å². The summed E-state index contributed by atoms with van der Waals surface area (Å²) in [6, 6.07) is 7.95. The standard InChI is InChI=1S/C21H18O12/c22-8-4-2-1-3-7(8)10-5-9(23)13-11(31-10)6-12(14(24)15(13)25)32-21-18(28)16(26)17(27)19(33-21)20(29)30/h1-6,16-19,21-22,24-28H,(H,29,30). The topological polar surface area (TPSA) is 207 Å². The maximum Gasteiger partial charge on any atom is 0.335 e. The van der Waals surface area contributed by atoms with E-state index in [0.717, 1.165) is 12.1 Å². The lowest BCUT2D eigenvalue weighted by molar-refractivity contribution is -0.271. The van der Waals surface area contributed by atoms with Crippen molar-refractivity contribution in [3.63, 3.8) is 0 Å². The van der Waals surface area contributed by atoms with Gasteiger partial charge in [0.15, 0.2) is 23.0 Å². The minimum atomic E-state index is -1.97. The fourth-order valence-corrected chi connectivity index (χ4v) is 3.45. The second kappa shape index (κ2) is 8.26. The number of carbonyl (C=O) groups is 1. The van der Waals surface area contributed by atoms with Crippen LogP contribution < -0.4 is 10.2 Å². The highest BCUT2D eigenvalue weighted by atomic mass is 16.7. The van der Waals surface area contributed by atoms with Gasteiger partial charge in [0.05, 0.1) is 5.56 Å². The van der Waals surface area contributed by atoms with Gasteiger partial charge in [-0.05, 0) is 12.1 Å². The summed E-state index contributed by atoms with van der Waals surface area (Å²) in [7, 11) is 0. The van der Waals surface area contributed by atoms with E-state index < -0.39 is 64.7 Å². The molecule has 1 aliphatic heterocycles. The third-order valence-corrected chi connectivity index (χ3v) is 5.16. The van der Waals surface area contributed by atoms with E-state index in [-0.39, 0.29) is 22.7 Å². The largest absolute Gasteiger partial charge is 0.507 e. The number of benzene rings is 2. The smallest absolute Gasteiger partial charge is 0.335 e. The minimum Gasteiger partial charge on any atom is -0.507 e. The number of carboxylic acid groups (broad SMARTS) is 1.